The number of anilines is 2. The monoisotopic (exact) mass is 526 g/mol. The van der Waals surface area contributed by atoms with E-state index >= 15 is 0 Å². The third-order valence-corrected chi connectivity index (χ3v) is 6.13. The van der Waals surface area contributed by atoms with Gasteiger partial charge in [-0.2, -0.15) is 0 Å². The molecule has 0 radical (unpaired) electrons. The van der Waals surface area contributed by atoms with E-state index in [0.29, 0.717) is 42.1 Å². The minimum Gasteiger partial charge on any atom is -0.494 e. The topological polar surface area (TPSA) is 76.7 Å². The Labute approximate surface area is 227 Å². The van der Waals surface area contributed by atoms with Crippen molar-refractivity contribution in [1.82, 2.24) is 0 Å². The first kappa shape index (κ1) is 27.4. The number of esters is 1. The molecule has 4 aromatic rings. The number of para-hydroxylation sites is 1. The fourth-order valence-corrected chi connectivity index (χ4v) is 4.13. The highest BCUT2D eigenvalue weighted by molar-refractivity contribution is 6.12. The van der Waals surface area contributed by atoms with Crippen LogP contribution in [-0.4, -0.2) is 38.1 Å². The van der Waals surface area contributed by atoms with E-state index in [2.05, 4.69) is 10.6 Å². The highest BCUT2D eigenvalue weighted by Crippen LogP contribution is 2.22. The lowest BCUT2D eigenvalue weighted by atomic mass is 10.00. The van der Waals surface area contributed by atoms with E-state index in [1.54, 1.807) is 36.4 Å². The van der Waals surface area contributed by atoms with Gasteiger partial charge in [0.15, 0.2) is 5.78 Å². The van der Waals surface area contributed by atoms with Gasteiger partial charge in [0.1, 0.15) is 17.6 Å². The van der Waals surface area contributed by atoms with Crippen molar-refractivity contribution in [3.05, 3.63) is 126 Å². The third kappa shape index (κ3) is 7.92. The lowest BCUT2D eigenvalue weighted by molar-refractivity contribution is -0.141. The maximum absolute atomic E-state index is 13.3. The summed E-state index contributed by atoms with van der Waals surface area (Å²) in [4.78, 5) is 25.7. The fraction of sp³-hybridized carbons (Fsp3) is 0.188. The SMILES string of the molecule is COC(=O)C(Cc1ccc(OCCCNc2cccc(F)c2)cc1)Nc1ccccc1C(=O)c1ccccc1. The zero-order valence-electron chi connectivity index (χ0n) is 21.7. The van der Waals surface area contributed by atoms with Gasteiger partial charge >= 0.3 is 5.97 Å². The molecule has 200 valence electrons. The summed E-state index contributed by atoms with van der Waals surface area (Å²) >= 11 is 0. The lowest BCUT2D eigenvalue weighted by Gasteiger charge is -2.20. The molecule has 1 unspecified atom stereocenters. The van der Waals surface area contributed by atoms with Gasteiger partial charge in [-0.15, -0.1) is 0 Å². The number of ether oxygens (including phenoxy) is 2. The fourth-order valence-electron chi connectivity index (χ4n) is 4.13. The van der Waals surface area contributed by atoms with E-state index in [4.69, 9.17) is 9.47 Å². The summed E-state index contributed by atoms with van der Waals surface area (Å²) in [7, 11) is 1.35. The zero-order chi connectivity index (χ0) is 27.5. The largest absolute Gasteiger partial charge is 0.494 e. The molecule has 0 fully saturated rings. The molecule has 2 N–H and O–H groups in total. The molecular formula is C32H31FN2O4. The van der Waals surface area contributed by atoms with Gasteiger partial charge in [-0.1, -0.05) is 60.7 Å². The number of rotatable bonds is 13. The van der Waals surface area contributed by atoms with Crippen LogP contribution in [0.4, 0.5) is 15.8 Å². The average Bonchev–Trinajstić information content (AvgIpc) is 2.97. The molecule has 1 atom stereocenters. The second-order valence-corrected chi connectivity index (χ2v) is 8.95. The van der Waals surface area contributed by atoms with Gasteiger partial charge in [-0.25, -0.2) is 9.18 Å². The van der Waals surface area contributed by atoms with Gasteiger partial charge in [-0.3, -0.25) is 4.79 Å². The van der Waals surface area contributed by atoms with E-state index in [1.807, 2.05) is 54.6 Å². The second-order valence-electron chi connectivity index (χ2n) is 8.95. The summed E-state index contributed by atoms with van der Waals surface area (Å²) in [6, 6.07) is 29.3. The van der Waals surface area contributed by atoms with E-state index in [-0.39, 0.29) is 11.6 Å². The number of hydrogen-bond donors (Lipinski definition) is 2. The molecule has 0 bridgehead atoms. The molecule has 0 aromatic heterocycles. The van der Waals surface area contributed by atoms with Crippen LogP contribution in [0.3, 0.4) is 0 Å². The molecule has 7 heteroatoms. The molecule has 0 amide bonds. The molecule has 6 nitrogen and oxygen atoms in total. The number of nitrogens with one attached hydrogen (secondary N) is 2. The summed E-state index contributed by atoms with van der Waals surface area (Å²) in [5.41, 5.74) is 3.26. The third-order valence-electron chi connectivity index (χ3n) is 6.13. The van der Waals surface area contributed by atoms with Crippen molar-refractivity contribution in [3.63, 3.8) is 0 Å². The summed E-state index contributed by atoms with van der Waals surface area (Å²) < 4.78 is 24.1. The molecular weight excluding hydrogens is 495 g/mol. The van der Waals surface area contributed by atoms with Crippen molar-refractivity contribution in [1.29, 1.82) is 0 Å². The molecule has 0 saturated heterocycles. The molecule has 0 heterocycles. The van der Waals surface area contributed by atoms with Crippen molar-refractivity contribution < 1.29 is 23.5 Å². The predicted molar refractivity (Wildman–Crippen MR) is 151 cm³/mol. The minimum atomic E-state index is -0.694. The molecule has 4 aromatic carbocycles. The average molecular weight is 527 g/mol. The maximum Gasteiger partial charge on any atom is 0.328 e. The van der Waals surface area contributed by atoms with Gasteiger partial charge in [0, 0.05) is 35.5 Å². The van der Waals surface area contributed by atoms with E-state index in [0.717, 1.165) is 17.7 Å². The normalized spacial score (nSPS) is 11.3. The van der Waals surface area contributed by atoms with Crippen LogP contribution in [0.15, 0.2) is 103 Å². The van der Waals surface area contributed by atoms with E-state index in [9.17, 15) is 14.0 Å². The molecule has 0 saturated carbocycles. The number of methoxy groups -OCH3 is 1. The number of benzene rings is 4. The van der Waals surface area contributed by atoms with Gasteiger partial charge in [0.25, 0.3) is 0 Å². The Morgan fingerprint density at radius 2 is 1.62 bits per heavy atom. The Morgan fingerprint density at radius 3 is 2.36 bits per heavy atom. The Morgan fingerprint density at radius 1 is 0.872 bits per heavy atom. The van der Waals surface area contributed by atoms with Crippen LogP contribution in [0.2, 0.25) is 0 Å². The highest BCUT2D eigenvalue weighted by Gasteiger charge is 2.22. The lowest BCUT2D eigenvalue weighted by Crippen LogP contribution is -2.33. The Balaban J connectivity index is 1.34. The van der Waals surface area contributed by atoms with Gasteiger partial charge in [0.05, 0.1) is 13.7 Å². The van der Waals surface area contributed by atoms with Crippen LogP contribution < -0.4 is 15.4 Å². The molecule has 0 spiro atoms. The molecule has 39 heavy (non-hydrogen) atoms. The zero-order valence-corrected chi connectivity index (χ0v) is 21.7. The smallest absolute Gasteiger partial charge is 0.328 e. The summed E-state index contributed by atoms with van der Waals surface area (Å²) in [6.07, 6.45) is 1.10. The van der Waals surface area contributed by atoms with Crippen LogP contribution in [0, 0.1) is 5.82 Å². The first-order valence-electron chi connectivity index (χ1n) is 12.8. The molecule has 0 aliphatic rings. The molecule has 4 rings (SSSR count). The minimum absolute atomic E-state index is 0.130. The van der Waals surface area contributed by atoms with Crippen molar-refractivity contribution in [2.45, 2.75) is 18.9 Å². The van der Waals surface area contributed by atoms with E-state index in [1.165, 1.54) is 19.2 Å². The van der Waals surface area contributed by atoms with Crippen LogP contribution in [-0.2, 0) is 16.0 Å². The van der Waals surface area contributed by atoms with Crippen molar-refractivity contribution in [2.24, 2.45) is 0 Å². The Hall–Kier alpha value is -4.65. The number of carbonyl (C=O) groups is 2. The Kier molecular flexibility index (Phi) is 9.67. The summed E-state index contributed by atoms with van der Waals surface area (Å²) in [5, 5.41) is 6.39. The number of hydrogen-bond acceptors (Lipinski definition) is 6. The van der Waals surface area contributed by atoms with Crippen molar-refractivity contribution in [2.75, 3.05) is 30.9 Å². The highest BCUT2D eigenvalue weighted by atomic mass is 19.1. The molecule has 0 aliphatic carbocycles. The van der Waals surface area contributed by atoms with Crippen LogP contribution >= 0.6 is 0 Å². The number of halogens is 1. The first-order valence-corrected chi connectivity index (χ1v) is 12.8. The van der Waals surface area contributed by atoms with Crippen molar-refractivity contribution >= 4 is 23.1 Å². The maximum atomic E-state index is 13.3. The standard InChI is InChI=1S/C32H31FN2O4/c1-38-32(37)30(35-29-14-6-5-13-28(29)31(36)24-9-3-2-4-10-24)21-23-15-17-27(18-16-23)39-20-8-19-34-26-12-7-11-25(33)22-26/h2-7,9-18,22,30,34-35H,8,19-21H2,1H3. The van der Waals surface area contributed by atoms with Crippen LogP contribution in [0.1, 0.15) is 27.9 Å². The van der Waals surface area contributed by atoms with Crippen molar-refractivity contribution in [3.8, 4) is 5.75 Å². The quantitative estimate of drug-likeness (QED) is 0.124. The van der Waals surface area contributed by atoms with Crippen LogP contribution in [0.5, 0.6) is 5.75 Å². The van der Waals surface area contributed by atoms with Gasteiger partial charge in [0.2, 0.25) is 0 Å². The second kappa shape index (κ2) is 13.8. The summed E-state index contributed by atoms with van der Waals surface area (Å²) in [6.45, 7) is 1.16. The Bertz CT molecular complexity index is 1380. The predicted octanol–water partition coefficient (Wildman–Crippen LogP) is 6.13. The first-order chi connectivity index (χ1) is 19.0. The van der Waals surface area contributed by atoms with Crippen LogP contribution in [0.25, 0.3) is 0 Å². The molecule has 0 aliphatic heterocycles. The number of ketones is 1. The summed E-state index contributed by atoms with van der Waals surface area (Å²) in [5.74, 6) is -0.116. The van der Waals surface area contributed by atoms with Gasteiger partial charge in [-0.05, 0) is 54.4 Å². The number of carbonyl (C=O) groups excluding carboxylic acids is 2. The van der Waals surface area contributed by atoms with E-state index < -0.39 is 12.0 Å². The van der Waals surface area contributed by atoms with Gasteiger partial charge < -0.3 is 20.1 Å².